The van der Waals surface area contributed by atoms with E-state index in [0.717, 1.165) is 31.7 Å². The fourth-order valence-electron chi connectivity index (χ4n) is 2.29. The van der Waals surface area contributed by atoms with Crippen molar-refractivity contribution in [3.63, 3.8) is 0 Å². The molecular weight excluding hydrogens is 268 g/mol. The largest absolute Gasteiger partial charge is 0.449 e. The highest BCUT2D eigenvalue weighted by atomic mass is 16.5. The average molecular weight is 292 g/mol. The summed E-state index contributed by atoms with van der Waals surface area (Å²) in [6.07, 6.45) is 3.14. The molecule has 6 heteroatoms. The molecule has 1 fully saturated rings. The highest BCUT2D eigenvalue weighted by Crippen LogP contribution is 2.18. The van der Waals surface area contributed by atoms with Crippen molar-refractivity contribution >= 4 is 17.6 Å². The van der Waals surface area contributed by atoms with Gasteiger partial charge in [0.1, 0.15) is 5.82 Å². The van der Waals surface area contributed by atoms with Gasteiger partial charge in [-0.2, -0.15) is 0 Å². The quantitative estimate of drug-likeness (QED) is 0.887. The molecule has 1 aromatic heterocycles. The van der Waals surface area contributed by atoms with Crippen LogP contribution in [0.25, 0.3) is 0 Å². The number of ether oxygens (including phenoxy) is 1. The van der Waals surface area contributed by atoms with Gasteiger partial charge < -0.3 is 20.7 Å². The number of nitrogens with zero attached hydrogens (tertiary/aromatic N) is 2. The third kappa shape index (κ3) is 4.81. The van der Waals surface area contributed by atoms with E-state index in [4.69, 9.17) is 10.5 Å². The Kier molecular flexibility index (Phi) is 5.25. The number of carbonyl (C=O) groups is 1. The molecule has 2 heterocycles. The van der Waals surface area contributed by atoms with Crippen molar-refractivity contribution in [3.8, 4) is 0 Å². The van der Waals surface area contributed by atoms with Crippen LogP contribution in [0.1, 0.15) is 26.7 Å². The Balaban J connectivity index is 1.75. The maximum Gasteiger partial charge on any atom is 0.407 e. The van der Waals surface area contributed by atoms with E-state index in [0.29, 0.717) is 18.2 Å². The molecule has 21 heavy (non-hydrogen) atoms. The first-order valence-electron chi connectivity index (χ1n) is 7.44. The summed E-state index contributed by atoms with van der Waals surface area (Å²) in [7, 11) is 0. The maximum absolute atomic E-state index is 11.6. The zero-order chi connectivity index (χ0) is 15.2. The lowest BCUT2D eigenvalue weighted by Gasteiger charge is -2.33. The second-order valence-corrected chi connectivity index (χ2v) is 5.85. The Hall–Kier alpha value is -1.98. The number of nitrogens with one attached hydrogen (secondary N) is 1. The van der Waals surface area contributed by atoms with E-state index in [2.05, 4.69) is 15.2 Å². The Morgan fingerprint density at radius 2 is 2.19 bits per heavy atom. The zero-order valence-corrected chi connectivity index (χ0v) is 12.7. The number of hydrogen-bond acceptors (Lipinski definition) is 5. The highest BCUT2D eigenvalue weighted by Gasteiger charge is 2.21. The van der Waals surface area contributed by atoms with E-state index in [-0.39, 0.29) is 12.1 Å². The Labute approximate surface area is 125 Å². The normalized spacial score (nSPS) is 16.0. The van der Waals surface area contributed by atoms with E-state index in [1.807, 2.05) is 26.0 Å². The summed E-state index contributed by atoms with van der Waals surface area (Å²) in [5.41, 5.74) is 6.31. The third-order valence-electron chi connectivity index (χ3n) is 3.46. The predicted molar refractivity (Wildman–Crippen MR) is 83.2 cm³/mol. The standard InChI is InChI=1S/C15H24N4O2/c1-11(2)10-21-15(20)18-13-5-7-19(8-6-13)14-4-3-12(16)9-17-14/h3-4,9,11,13H,5-8,10,16H2,1-2H3,(H,18,20). The summed E-state index contributed by atoms with van der Waals surface area (Å²) < 4.78 is 5.14. The molecule has 0 aromatic carbocycles. The van der Waals surface area contributed by atoms with Gasteiger partial charge in [0.05, 0.1) is 18.5 Å². The summed E-state index contributed by atoms with van der Waals surface area (Å²) in [5, 5.41) is 2.93. The third-order valence-corrected chi connectivity index (χ3v) is 3.46. The molecule has 0 spiro atoms. The summed E-state index contributed by atoms with van der Waals surface area (Å²) >= 11 is 0. The first kappa shape index (κ1) is 15.4. The van der Waals surface area contributed by atoms with Gasteiger partial charge in [0.2, 0.25) is 0 Å². The monoisotopic (exact) mass is 292 g/mol. The summed E-state index contributed by atoms with van der Waals surface area (Å²) in [4.78, 5) is 18.2. The van der Waals surface area contributed by atoms with E-state index >= 15 is 0 Å². The van der Waals surface area contributed by atoms with Crippen LogP contribution in [-0.4, -0.2) is 36.8 Å². The number of hydrogen-bond donors (Lipinski definition) is 2. The minimum Gasteiger partial charge on any atom is -0.449 e. The minimum atomic E-state index is -0.312. The van der Waals surface area contributed by atoms with E-state index < -0.39 is 0 Å². The summed E-state index contributed by atoms with van der Waals surface area (Å²) in [6.45, 7) is 6.23. The molecule has 1 amide bonds. The fraction of sp³-hybridized carbons (Fsp3) is 0.600. The van der Waals surface area contributed by atoms with E-state index in [1.54, 1.807) is 6.20 Å². The number of alkyl carbamates (subject to hydrolysis) is 1. The molecule has 116 valence electrons. The van der Waals surface area contributed by atoms with Gasteiger partial charge in [0.25, 0.3) is 0 Å². The Morgan fingerprint density at radius 1 is 1.48 bits per heavy atom. The Bertz CT molecular complexity index is 453. The van der Waals surface area contributed by atoms with Gasteiger partial charge in [0, 0.05) is 19.1 Å². The summed E-state index contributed by atoms with van der Waals surface area (Å²) in [6, 6.07) is 3.96. The van der Waals surface area contributed by atoms with E-state index in [9.17, 15) is 4.79 Å². The SMILES string of the molecule is CC(C)COC(=O)NC1CCN(c2ccc(N)cn2)CC1. The van der Waals surface area contributed by atoms with Crippen LogP contribution in [0.15, 0.2) is 18.3 Å². The van der Waals surface area contributed by atoms with Crippen LogP contribution in [0.5, 0.6) is 0 Å². The lowest BCUT2D eigenvalue weighted by molar-refractivity contribution is 0.128. The van der Waals surface area contributed by atoms with Crippen molar-refractivity contribution < 1.29 is 9.53 Å². The lowest BCUT2D eigenvalue weighted by Crippen LogP contribution is -2.45. The molecule has 0 radical (unpaired) electrons. The molecule has 0 unspecified atom stereocenters. The smallest absolute Gasteiger partial charge is 0.407 e. The van der Waals surface area contributed by atoms with Gasteiger partial charge in [0.15, 0.2) is 0 Å². The molecule has 0 aliphatic carbocycles. The van der Waals surface area contributed by atoms with Crippen molar-refractivity contribution in [2.75, 3.05) is 30.3 Å². The second kappa shape index (κ2) is 7.15. The van der Waals surface area contributed by atoms with Crippen LogP contribution in [-0.2, 0) is 4.74 Å². The molecule has 2 rings (SSSR count). The Morgan fingerprint density at radius 3 is 2.76 bits per heavy atom. The van der Waals surface area contributed by atoms with Crippen molar-refractivity contribution in [1.29, 1.82) is 0 Å². The number of nitrogen functional groups attached to an aromatic ring is 1. The van der Waals surface area contributed by atoms with Gasteiger partial charge in [-0.15, -0.1) is 0 Å². The molecule has 1 aliphatic heterocycles. The second-order valence-electron chi connectivity index (χ2n) is 5.85. The number of aromatic nitrogens is 1. The lowest BCUT2D eigenvalue weighted by atomic mass is 10.1. The van der Waals surface area contributed by atoms with Gasteiger partial charge >= 0.3 is 6.09 Å². The van der Waals surface area contributed by atoms with Crippen LogP contribution in [0.4, 0.5) is 16.3 Å². The fourth-order valence-corrected chi connectivity index (χ4v) is 2.29. The molecule has 0 bridgehead atoms. The first-order chi connectivity index (χ1) is 10.0. The van der Waals surface area contributed by atoms with Crippen molar-refractivity contribution in [3.05, 3.63) is 18.3 Å². The van der Waals surface area contributed by atoms with Crippen LogP contribution in [0.2, 0.25) is 0 Å². The molecule has 0 saturated carbocycles. The van der Waals surface area contributed by atoms with Crippen molar-refractivity contribution in [2.24, 2.45) is 5.92 Å². The van der Waals surface area contributed by atoms with Crippen LogP contribution >= 0.6 is 0 Å². The molecule has 6 nitrogen and oxygen atoms in total. The average Bonchev–Trinajstić information content (AvgIpc) is 2.47. The number of amides is 1. The highest BCUT2D eigenvalue weighted by molar-refractivity contribution is 5.67. The molecule has 0 atom stereocenters. The first-order valence-corrected chi connectivity index (χ1v) is 7.44. The van der Waals surface area contributed by atoms with Crippen LogP contribution in [0, 0.1) is 5.92 Å². The van der Waals surface area contributed by atoms with Crippen molar-refractivity contribution in [1.82, 2.24) is 10.3 Å². The predicted octanol–water partition coefficient (Wildman–Crippen LogP) is 2.01. The molecular formula is C15H24N4O2. The number of piperidine rings is 1. The van der Waals surface area contributed by atoms with Gasteiger partial charge in [-0.05, 0) is 30.9 Å². The minimum absolute atomic E-state index is 0.176. The molecule has 1 aromatic rings. The van der Waals surface area contributed by atoms with Gasteiger partial charge in [-0.25, -0.2) is 9.78 Å². The summed E-state index contributed by atoms with van der Waals surface area (Å²) in [5.74, 6) is 1.29. The van der Waals surface area contributed by atoms with Crippen LogP contribution in [0.3, 0.4) is 0 Å². The van der Waals surface area contributed by atoms with Crippen LogP contribution < -0.4 is 16.0 Å². The number of nitrogens with two attached hydrogens (primary N) is 1. The molecule has 1 saturated heterocycles. The molecule has 3 N–H and O–H groups in total. The number of rotatable bonds is 4. The number of carbonyl (C=O) groups excluding carboxylic acids is 1. The maximum atomic E-state index is 11.6. The number of anilines is 2. The topological polar surface area (TPSA) is 80.5 Å². The molecule has 1 aliphatic rings. The van der Waals surface area contributed by atoms with Gasteiger partial charge in [-0.3, -0.25) is 0 Å². The van der Waals surface area contributed by atoms with E-state index in [1.165, 1.54) is 0 Å². The van der Waals surface area contributed by atoms with Crippen molar-refractivity contribution in [2.45, 2.75) is 32.7 Å². The van der Waals surface area contributed by atoms with Gasteiger partial charge in [-0.1, -0.05) is 13.8 Å². The zero-order valence-electron chi connectivity index (χ0n) is 12.7. The number of pyridine rings is 1.